The molecule has 5 N–H and O–H groups in total. The van der Waals surface area contributed by atoms with E-state index < -0.39 is 5.91 Å². The number of amides is 1. The van der Waals surface area contributed by atoms with Crippen molar-refractivity contribution < 1.29 is 4.79 Å². The number of carbonyl (C=O) groups is 1. The summed E-state index contributed by atoms with van der Waals surface area (Å²) >= 11 is 0. The van der Waals surface area contributed by atoms with Crippen molar-refractivity contribution in [3.8, 4) is 0 Å². The number of hydrogen-bond acceptors (Lipinski definition) is 4. The van der Waals surface area contributed by atoms with E-state index in [4.69, 9.17) is 11.5 Å². The Balaban J connectivity index is 2.13. The third-order valence-electron chi connectivity index (χ3n) is 4.26. The van der Waals surface area contributed by atoms with Gasteiger partial charge in [-0.3, -0.25) is 4.79 Å². The largest absolute Gasteiger partial charge is 0.384 e. The Hall–Kier alpha value is -1.78. The van der Waals surface area contributed by atoms with Gasteiger partial charge in [-0.05, 0) is 30.7 Å². The number of nitrogens with two attached hydrogens (primary N) is 2. The molecule has 0 unspecified atom stereocenters. The average Bonchev–Trinajstić information content (AvgIpc) is 2.86. The molecule has 0 spiro atoms. The fourth-order valence-electron chi connectivity index (χ4n) is 2.88. The summed E-state index contributed by atoms with van der Waals surface area (Å²) in [5.74, 6) is -0.168. The Kier molecular flexibility index (Phi) is 3.93. The van der Waals surface area contributed by atoms with Crippen LogP contribution in [-0.4, -0.2) is 17.4 Å². The van der Waals surface area contributed by atoms with Crippen molar-refractivity contribution in [1.29, 1.82) is 0 Å². The van der Waals surface area contributed by atoms with E-state index in [1.54, 1.807) is 6.20 Å². The van der Waals surface area contributed by atoms with Crippen LogP contribution in [0.15, 0.2) is 12.3 Å². The van der Waals surface area contributed by atoms with Crippen LogP contribution in [0.1, 0.15) is 49.4 Å². The zero-order valence-electron chi connectivity index (χ0n) is 11.4. The Labute approximate surface area is 113 Å². The van der Waals surface area contributed by atoms with Gasteiger partial charge in [-0.2, -0.15) is 0 Å². The molecule has 0 aliphatic heterocycles. The Bertz CT molecular complexity index is 467. The number of aromatic nitrogens is 1. The average molecular weight is 262 g/mol. The molecular weight excluding hydrogens is 240 g/mol. The highest BCUT2D eigenvalue weighted by Crippen LogP contribution is 2.41. The monoisotopic (exact) mass is 262 g/mol. The van der Waals surface area contributed by atoms with Gasteiger partial charge in [0.15, 0.2) is 0 Å². The summed E-state index contributed by atoms with van der Waals surface area (Å²) in [6, 6.07) is 1.53. The molecule has 1 aromatic rings. The van der Waals surface area contributed by atoms with Crippen LogP contribution in [0.5, 0.6) is 0 Å². The van der Waals surface area contributed by atoms with Crippen molar-refractivity contribution in [2.75, 3.05) is 17.6 Å². The van der Waals surface area contributed by atoms with Gasteiger partial charge in [-0.1, -0.05) is 19.8 Å². The third kappa shape index (κ3) is 2.97. The molecule has 0 radical (unpaired) electrons. The number of nitrogens with zero attached hydrogens (tertiary/aromatic N) is 1. The third-order valence-corrected chi connectivity index (χ3v) is 4.26. The quantitative estimate of drug-likeness (QED) is 0.757. The highest BCUT2D eigenvalue weighted by molar-refractivity contribution is 5.98. The standard InChI is InChI=1S/C14H22N4O/c1-2-14(5-3-4-6-14)9-18-11-8-17-12(15)7-10(11)13(16)19/h7-8,18H,2-6,9H2,1H3,(H2,15,17)(H2,16,19). The van der Waals surface area contributed by atoms with Crippen LogP contribution in [0, 0.1) is 5.41 Å². The summed E-state index contributed by atoms with van der Waals surface area (Å²) in [5, 5.41) is 3.34. The molecule has 0 bridgehead atoms. The van der Waals surface area contributed by atoms with Gasteiger partial charge in [-0.15, -0.1) is 0 Å². The van der Waals surface area contributed by atoms with E-state index in [1.807, 2.05) is 0 Å². The molecule has 5 nitrogen and oxygen atoms in total. The molecule has 1 heterocycles. The summed E-state index contributed by atoms with van der Waals surface area (Å²) in [4.78, 5) is 15.4. The molecule has 2 rings (SSSR count). The lowest BCUT2D eigenvalue weighted by Crippen LogP contribution is -2.27. The minimum Gasteiger partial charge on any atom is -0.384 e. The van der Waals surface area contributed by atoms with Gasteiger partial charge >= 0.3 is 0 Å². The summed E-state index contributed by atoms with van der Waals surface area (Å²) in [6.07, 6.45) is 7.80. The van der Waals surface area contributed by atoms with E-state index in [2.05, 4.69) is 17.2 Å². The maximum absolute atomic E-state index is 11.4. The topological polar surface area (TPSA) is 94.0 Å². The zero-order chi connectivity index (χ0) is 13.9. The molecule has 1 amide bonds. The highest BCUT2D eigenvalue weighted by atomic mass is 16.1. The van der Waals surface area contributed by atoms with Gasteiger partial charge in [0.05, 0.1) is 17.4 Å². The highest BCUT2D eigenvalue weighted by Gasteiger charge is 2.31. The first kappa shape index (κ1) is 13.6. The van der Waals surface area contributed by atoms with Crippen molar-refractivity contribution in [2.24, 2.45) is 11.1 Å². The van der Waals surface area contributed by atoms with Crippen molar-refractivity contribution in [3.05, 3.63) is 17.8 Å². The molecule has 0 saturated heterocycles. The second kappa shape index (κ2) is 5.47. The van der Waals surface area contributed by atoms with E-state index >= 15 is 0 Å². The van der Waals surface area contributed by atoms with Crippen LogP contribution in [0.2, 0.25) is 0 Å². The van der Waals surface area contributed by atoms with Gasteiger partial charge in [0.2, 0.25) is 0 Å². The second-order valence-corrected chi connectivity index (χ2v) is 5.43. The first-order valence-electron chi connectivity index (χ1n) is 6.85. The lowest BCUT2D eigenvalue weighted by molar-refractivity contribution is 0.100. The predicted octanol–water partition coefficient (Wildman–Crippen LogP) is 2.14. The minimum atomic E-state index is -0.478. The van der Waals surface area contributed by atoms with Crippen LogP contribution in [0.25, 0.3) is 0 Å². The first-order chi connectivity index (χ1) is 9.06. The van der Waals surface area contributed by atoms with Crippen molar-refractivity contribution >= 4 is 17.4 Å². The van der Waals surface area contributed by atoms with Crippen LogP contribution >= 0.6 is 0 Å². The SMILES string of the molecule is CCC1(CNc2cnc(N)cc2C(N)=O)CCCC1. The smallest absolute Gasteiger partial charge is 0.250 e. The molecule has 1 aromatic heterocycles. The fraction of sp³-hybridized carbons (Fsp3) is 0.571. The minimum absolute atomic E-state index is 0.311. The molecule has 1 aliphatic rings. The normalized spacial score (nSPS) is 17.3. The van der Waals surface area contributed by atoms with Crippen LogP contribution in [-0.2, 0) is 0 Å². The zero-order valence-corrected chi connectivity index (χ0v) is 11.4. The lowest BCUT2D eigenvalue weighted by Gasteiger charge is -2.28. The number of primary amides is 1. The molecular formula is C14H22N4O. The first-order valence-corrected chi connectivity index (χ1v) is 6.85. The summed E-state index contributed by atoms with van der Waals surface area (Å²) < 4.78 is 0. The summed E-state index contributed by atoms with van der Waals surface area (Å²) in [7, 11) is 0. The predicted molar refractivity (Wildman–Crippen MR) is 76.8 cm³/mol. The summed E-state index contributed by atoms with van der Waals surface area (Å²) in [5.41, 5.74) is 12.4. The van der Waals surface area contributed by atoms with E-state index in [9.17, 15) is 4.79 Å². The van der Waals surface area contributed by atoms with E-state index in [-0.39, 0.29) is 0 Å². The number of nitrogens with one attached hydrogen (secondary N) is 1. The van der Waals surface area contributed by atoms with E-state index in [0.29, 0.717) is 22.5 Å². The molecule has 5 heteroatoms. The van der Waals surface area contributed by atoms with Crippen molar-refractivity contribution in [3.63, 3.8) is 0 Å². The number of rotatable bonds is 5. The Morgan fingerprint density at radius 2 is 2.16 bits per heavy atom. The van der Waals surface area contributed by atoms with Crippen molar-refractivity contribution in [2.45, 2.75) is 39.0 Å². The Morgan fingerprint density at radius 3 is 2.74 bits per heavy atom. The van der Waals surface area contributed by atoms with E-state index in [1.165, 1.54) is 31.7 Å². The fourth-order valence-corrected chi connectivity index (χ4v) is 2.88. The molecule has 0 atom stereocenters. The number of hydrogen-bond donors (Lipinski definition) is 3. The van der Waals surface area contributed by atoms with E-state index in [0.717, 1.165) is 13.0 Å². The number of pyridine rings is 1. The lowest BCUT2D eigenvalue weighted by atomic mass is 9.83. The number of carbonyl (C=O) groups excluding carboxylic acids is 1. The number of nitrogen functional groups attached to an aromatic ring is 1. The summed E-state index contributed by atoms with van der Waals surface area (Å²) in [6.45, 7) is 3.08. The van der Waals surface area contributed by atoms with Crippen LogP contribution in [0.4, 0.5) is 11.5 Å². The van der Waals surface area contributed by atoms with Gasteiger partial charge < -0.3 is 16.8 Å². The molecule has 1 saturated carbocycles. The van der Waals surface area contributed by atoms with Crippen molar-refractivity contribution in [1.82, 2.24) is 4.98 Å². The van der Waals surface area contributed by atoms with Gasteiger partial charge in [-0.25, -0.2) is 4.98 Å². The Morgan fingerprint density at radius 1 is 1.47 bits per heavy atom. The molecule has 19 heavy (non-hydrogen) atoms. The van der Waals surface area contributed by atoms with Crippen LogP contribution in [0.3, 0.4) is 0 Å². The van der Waals surface area contributed by atoms with Gasteiger partial charge in [0.25, 0.3) is 5.91 Å². The van der Waals surface area contributed by atoms with Gasteiger partial charge in [0, 0.05) is 6.54 Å². The maximum atomic E-state index is 11.4. The second-order valence-electron chi connectivity index (χ2n) is 5.43. The molecule has 104 valence electrons. The molecule has 1 aliphatic carbocycles. The van der Waals surface area contributed by atoms with Crippen LogP contribution < -0.4 is 16.8 Å². The molecule has 1 fully saturated rings. The maximum Gasteiger partial charge on any atom is 0.250 e. The number of anilines is 2. The van der Waals surface area contributed by atoms with Gasteiger partial charge in [0.1, 0.15) is 5.82 Å². The molecule has 0 aromatic carbocycles.